The van der Waals surface area contributed by atoms with Crippen LogP contribution in [-0.2, 0) is 22.6 Å². The highest BCUT2D eigenvalue weighted by molar-refractivity contribution is 6.24. The number of carbonyl (C=O) groups excluding carboxylic acids is 4. The Labute approximate surface area is 179 Å². The second-order valence-corrected chi connectivity index (χ2v) is 7.55. The van der Waals surface area contributed by atoms with Gasteiger partial charge in [0.1, 0.15) is 11.9 Å². The molecule has 2 aliphatic heterocycles. The van der Waals surface area contributed by atoms with Crippen LogP contribution in [0.4, 0.5) is 5.82 Å². The van der Waals surface area contributed by atoms with Gasteiger partial charge in [0.15, 0.2) is 0 Å². The van der Waals surface area contributed by atoms with Gasteiger partial charge < -0.3 is 11.1 Å². The third-order valence-electron chi connectivity index (χ3n) is 5.46. The molecule has 1 fully saturated rings. The van der Waals surface area contributed by atoms with E-state index in [2.05, 4.69) is 15.6 Å². The van der Waals surface area contributed by atoms with E-state index in [0.29, 0.717) is 24.5 Å². The molecule has 2 aliphatic rings. The van der Waals surface area contributed by atoms with E-state index in [1.165, 1.54) is 0 Å². The Bertz CT molecular complexity index is 1070. The first-order chi connectivity index (χ1) is 15.0. The molecule has 0 radical (unpaired) electrons. The van der Waals surface area contributed by atoms with Crippen molar-refractivity contribution in [2.24, 2.45) is 5.73 Å². The summed E-state index contributed by atoms with van der Waals surface area (Å²) >= 11 is 0. The summed E-state index contributed by atoms with van der Waals surface area (Å²) in [6.45, 7) is 0.883. The number of benzene rings is 1. The summed E-state index contributed by atoms with van der Waals surface area (Å²) in [6, 6.07) is 9.74. The first kappa shape index (κ1) is 20.7. The third-order valence-corrected chi connectivity index (χ3v) is 5.46. The molecular weight excluding hydrogens is 398 g/mol. The molecule has 1 aromatic carbocycles. The third kappa shape index (κ3) is 4.04. The predicted molar refractivity (Wildman–Crippen MR) is 112 cm³/mol. The van der Waals surface area contributed by atoms with Crippen LogP contribution in [-0.4, -0.2) is 46.1 Å². The van der Waals surface area contributed by atoms with Crippen LogP contribution in [0.15, 0.2) is 36.4 Å². The maximum Gasteiger partial charge on any atom is 0.262 e. The fourth-order valence-electron chi connectivity index (χ4n) is 3.92. The molecule has 9 heteroatoms. The quantitative estimate of drug-likeness (QED) is 0.567. The predicted octanol–water partition coefficient (Wildman–Crippen LogP) is 0.986. The van der Waals surface area contributed by atoms with Gasteiger partial charge in [-0.2, -0.15) is 0 Å². The molecule has 1 saturated heterocycles. The summed E-state index contributed by atoms with van der Waals surface area (Å²) in [7, 11) is 0. The van der Waals surface area contributed by atoms with E-state index in [9.17, 15) is 19.2 Å². The van der Waals surface area contributed by atoms with Crippen LogP contribution < -0.4 is 16.4 Å². The highest BCUT2D eigenvalue weighted by Crippen LogP contribution is 2.30. The number of fused-ring (bicyclic) bond motifs is 1. The topological polar surface area (TPSA) is 134 Å². The summed E-state index contributed by atoms with van der Waals surface area (Å²) < 4.78 is 0. The zero-order valence-electron chi connectivity index (χ0n) is 16.9. The number of anilines is 1. The fraction of sp³-hybridized carbons (Fsp3) is 0.318. The first-order valence-electron chi connectivity index (χ1n) is 10.2. The van der Waals surface area contributed by atoms with Crippen molar-refractivity contribution in [1.82, 2.24) is 15.2 Å². The first-order valence-corrected chi connectivity index (χ1v) is 10.2. The van der Waals surface area contributed by atoms with Gasteiger partial charge >= 0.3 is 0 Å². The molecule has 3 heterocycles. The van der Waals surface area contributed by atoms with Crippen molar-refractivity contribution in [3.8, 4) is 0 Å². The van der Waals surface area contributed by atoms with Crippen LogP contribution >= 0.6 is 0 Å². The summed E-state index contributed by atoms with van der Waals surface area (Å²) in [5, 5.41) is 5.41. The second kappa shape index (κ2) is 8.65. The molecule has 4 rings (SSSR count). The average molecular weight is 421 g/mol. The van der Waals surface area contributed by atoms with Gasteiger partial charge in [-0.25, -0.2) is 4.98 Å². The number of nitrogens with zero attached hydrogens (tertiary/aromatic N) is 2. The van der Waals surface area contributed by atoms with Gasteiger partial charge in [-0.05, 0) is 49.6 Å². The highest BCUT2D eigenvalue weighted by Gasteiger charge is 2.45. The smallest absolute Gasteiger partial charge is 0.262 e. The van der Waals surface area contributed by atoms with Crippen molar-refractivity contribution in [3.63, 3.8) is 0 Å². The number of nitrogens with two attached hydrogens (primary N) is 1. The number of hydrogen-bond donors (Lipinski definition) is 3. The largest absolute Gasteiger partial charge is 0.366 e. The lowest BCUT2D eigenvalue weighted by atomic mass is 10.0. The van der Waals surface area contributed by atoms with Crippen molar-refractivity contribution in [1.29, 1.82) is 0 Å². The van der Waals surface area contributed by atoms with E-state index in [4.69, 9.17) is 5.73 Å². The Morgan fingerprint density at radius 1 is 1.10 bits per heavy atom. The number of rotatable bonds is 7. The minimum Gasteiger partial charge on any atom is -0.366 e. The number of imide groups is 2. The van der Waals surface area contributed by atoms with E-state index in [-0.39, 0.29) is 24.0 Å². The number of aromatic nitrogens is 1. The Morgan fingerprint density at radius 3 is 2.68 bits per heavy atom. The molecule has 9 nitrogen and oxygen atoms in total. The maximum atomic E-state index is 13.1. The Kier molecular flexibility index (Phi) is 5.77. The van der Waals surface area contributed by atoms with Crippen LogP contribution in [0.1, 0.15) is 51.2 Å². The summed E-state index contributed by atoms with van der Waals surface area (Å²) in [4.78, 5) is 55.2. The number of carbonyl (C=O) groups is 4. The van der Waals surface area contributed by atoms with E-state index in [1.54, 1.807) is 18.2 Å². The van der Waals surface area contributed by atoms with E-state index in [1.807, 2.05) is 18.2 Å². The molecule has 0 bridgehead atoms. The van der Waals surface area contributed by atoms with Gasteiger partial charge in [-0.3, -0.25) is 29.4 Å². The van der Waals surface area contributed by atoms with Gasteiger partial charge in [0.05, 0.1) is 11.1 Å². The number of nitrogens with one attached hydrogen (secondary N) is 2. The van der Waals surface area contributed by atoms with Crippen molar-refractivity contribution in [2.75, 3.05) is 11.9 Å². The van der Waals surface area contributed by atoms with E-state index < -0.39 is 29.7 Å². The number of piperidine rings is 1. The highest BCUT2D eigenvalue weighted by atomic mass is 16.2. The number of amides is 4. The number of pyridine rings is 1. The molecule has 0 aliphatic carbocycles. The van der Waals surface area contributed by atoms with Crippen molar-refractivity contribution < 1.29 is 19.2 Å². The molecule has 0 spiro atoms. The Hall–Kier alpha value is -3.59. The Balaban J connectivity index is 1.54. The standard InChI is InChI=1S/C22H23N5O4/c23-11-3-6-14-5-2-8-17(25-14)24-12-13-4-1-7-15-19(13)22(31)27(21(15)30)16-9-10-18(28)26-20(16)29/h1-2,4-5,7-8,16H,3,6,9-12,23H2,(H,24,25)(H,26,28,29). The lowest BCUT2D eigenvalue weighted by molar-refractivity contribution is -0.136. The van der Waals surface area contributed by atoms with Gasteiger partial charge in [0.25, 0.3) is 11.8 Å². The minimum absolute atomic E-state index is 0.0877. The van der Waals surface area contributed by atoms with Crippen molar-refractivity contribution in [2.45, 2.75) is 38.3 Å². The van der Waals surface area contributed by atoms with E-state index >= 15 is 0 Å². The van der Waals surface area contributed by atoms with Crippen LogP contribution in [0.25, 0.3) is 0 Å². The van der Waals surface area contributed by atoms with Crippen LogP contribution in [0.3, 0.4) is 0 Å². The molecule has 2 aromatic rings. The second-order valence-electron chi connectivity index (χ2n) is 7.55. The average Bonchev–Trinajstić information content (AvgIpc) is 3.02. The summed E-state index contributed by atoms with van der Waals surface area (Å²) in [5.74, 6) is -1.39. The van der Waals surface area contributed by atoms with Gasteiger partial charge in [0.2, 0.25) is 11.8 Å². The van der Waals surface area contributed by atoms with E-state index in [0.717, 1.165) is 23.4 Å². The monoisotopic (exact) mass is 421 g/mol. The zero-order chi connectivity index (χ0) is 22.0. The SMILES string of the molecule is NCCCc1cccc(NCc2cccc3c2C(=O)N(C2CCC(=O)NC2=O)C3=O)n1. The minimum atomic E-state index is -0.980. The van der Waals surface area contributed by atoms with Crippen molar-refractivity contribution >= 4 is 29.4 Å². The lowest BCUT2D eigenvalue weighted by Crippen LogP contribution is -2.54. The normalized spacial score (nSPS) is 18.2. The molecule has 31 heavy (non-hydrogen) atoms. The molecule has 160 valence electrons. The molecule has 4 amide bonds. The molecular formula is C22H23N5O4. The van der Waals surface area contributed by atoms with Gasteiger partial charge in [-0.1, -0.05) is 18.2 Å². The molecule has 1 atom stereocenters. The lowest BCUT2D eigenvalue weighted by Gasteiger charge is -2.27. The fourth-order valence-corrected chi connectivity index (χ4v) is 3.92. The van der Waals surface area contributed by atoms with Gasteiger partial charge in [-0.15, -0.1) is 0 Å². The molecule has 1 unspecified atom stereocenters. The Morgan fingerprint density at radius 2 is 1.90 bits per heavy atom. The molecule has 0 saturated carbocycles. The van der Waals surface area contributed by atoms with Gasteiger partial charge in [0, 0.05) is 18.7 Å². The summed E-state index contributed by atoms with van der Waals surface area (Å²) in [6.07, 6.45) is 1.84. The number of hydrogen-bond acceptors (Lipinski definition) is 7. The van der Waals surface area contributed by atoms with Crippen molar-refractivity contribution in [3.05, 3.63) is 58.8 Å². The maximum absolute atomic E-state index is 13.1. The van der Waals surface area contributed by atoms with Crippen LogP contribution in [0.2, 0.25) is 0 Å². The zero-order valence-corrected chi connectivity index (χ0v) is 16.9. The van der Waals surface area contributed by atoms with Crippen LogP contribution in [0.5, 0.6) is 0 Å². The number of aryl methyl sites for hydroxylation is 1. The molecule has 1 aromatic heterocycles. The van der Waals surface area contributed by atoms with Crippen LogP contribution in [0, 0.1) is 0 Å². The molecule has 4 N–H and O–H groups in total. The summed E-state index contributed by atoms with van der Waals surface area (Å²) in [5.41, 5.74) is 7.66.